The van der Waals surface area contributed by atoms with Gasteiger partial charge >= 0.3 is 5.97 Å². The van der Waals surface area contributed by atoms with Crippen molar-refractivity contribution in [3.8, 4) is 0 Å². The second-order valence-electron chi connectivity index (χ2n) is 8.63. The maximum absolute atomic E-state index is 13.0. The monoisotopic (exact) mass is 384 g/mol. The van der Waals surface area contributed by atoms with Gasteiger partial charge in [-0.25, -0.2) is 0 Å². The summed E-state index contributed by atoms with van der Waals surface area (Å²) in [5, 5.41) is 9.21. The van der Waals surface area contributed by atoms with Crippen LogP contribution >= 0.6 is 0 Å². The van der Waals surface area contributed by atoms with Crippen LogP contribution < -0.4 is 0 Å². The van der Waals surface area contributed by atoms with Crippen LogP contribution in [0.1, 0.15) is 43.2 Å². The Morgan fingerprint density at radius 2 is 2.04 bits per heavy atom. The van der Waals surface area contributed by atoms with Crippen LogP contribution in [0.25, 0.3) is 0 Å². The van der Waals surface area contributed by atoms with Crippen LogP contribution in [-0.2, 0) is 26.2 Å². The highest BCUT2D eigenvalue weighted by Gasteiger charge is 2.60. The molecule has 3 atom stereocenters. The van der Waals surface area contributed by atoms with Crippen molar-refractivity contribution < 1.29 is 19.5 Å². The van der Waals surface area contributed by atoms with Crippen molar-refractivity contribution >= 4 is 17.8 Å². The van der Waals surface area contributed by atoms with Crippen molar-refractivity contribution in [3.05, 3.63) is 35.4 Å². The van der Waals surface area contributed by atoms with E-state index in [2.05, 4.69) is 18.2 Å². The van der Waals surface area contributed by atoms with E-state index < -0.39 is 11.9 Å². The standard InChI is InChI=1S/C22H28N2O4/c1-23(14-19(25)24-11-5-8-16(13-24)21(27)28)20(26)18-12-22(18)10-4-7-15-6-2-3-9-17(15)22/h2-3,6,9,16,18H,4-5,7-8,10-14H2,1H3,(H,27,28). The van der Waals surface area contributed by atoms with Crippen LogP contribution in [0.4, 0.5) is 0 Å². The molecule has 6 heteroatoms. The number of carboxylic acids is 1. The lowest BCUT2D eigenvalue weighted by molar-refractivity contribution is -0.147. The Morgan fingerprint density at radius 3 is 2.82 bits per heavy atom. The number of hydrogen-bond donors (Lipinski definition) is 1. The van der Waals surface area contributed by atoms with E-state index in [-0.39, 0.29) is 36.2 Å². The molecule has 2 fully saturated rings. The molecule has 1 aromatic rings. The number of carbonyl (C=O) groups excluding carboxylic acids is 2. The van der Waals surface area contributed by atoms with E-state index in [0.29, 0.717) is 19.4 Å². The number of hydrogen-bond acceptors (Lipinski definition) is 3. The number of carbonyl (C=O) groups is 3. The van der Waals surface area contributed by atoms with E-state index in [9.17, 15) is 19.5 Å². The van der Waals surface area contributed by atoms with Crippen LogP contribution in [-0.4, -0.2) is 59.4 Å². The van der Waals surface area contributed by atoms with Crippen molar-refractivity contribution in [1.29, 1.82) is 0 Å². The average molecular weight is 384 g/mol. The largest absolute Gasteiger partial charge is 0.481 e. The van der Waals surface area contributed by atoms with Crippen molar-refractivity contribution in [2.24, 2.45) is 11.8 Å². The topological polar surface area (TPSA) is 77.9 Å². The number of rotatable bonds is 4. The smallest absolute Gasteiger partial charge is 0.308 e. The summed E-state index contributed by atoms with van der Waals surface area (Å²) in [6.45, 7) is 0.849. The second-order valence-corrected chi connectivity index (χ2v) is 8.63. The van der Waals surface area contributed by atoms with Gasteiger partial charge in [-0.1, -0.05) is 24.3 Å². The van der Waals surface area contributed by atoms with E-state index in [4.69, 9.17) is 0 Å². The van der Waals surface area contributed by atoms with Gasteiger partial charge in [-0.3, -0.25) is 14.4 Å². The third-order valence-electron chi connectivity index (χ3n) is 6.87. The molecule has 0 aromatic heterocycles. The zero-order valence-electron chi connectivity index (χ0n) is 16.4. The maximum Gasteiger partial charge on any atom is 0.308 e. The zero-order chi connectivity index (χ0) is 19.9. The van der Waals surface area contributed by atoms with Gasteiger partial charge in [0.25, 0.3) is 0 Å². The van der Waals surface area contributed by atoms with E-state index in [1.807, 2.05) is 6.07 Å². The fourth-order valence-corrected chi connectivity index (χ4v) is 5.21. The number of piperidine rings is 1. The summed E-state index contributed by atoms with van der Waals surface area (Å²) in [6.07, 6.45) is 5.39. The van der Waals surface area contributed by atoms with Gasteiger partial charge in [0.05, 0.1) is 12.5 Å². The quantitative estimate of drug-likeness (QED) is 0.862. The molecule has 2 aliphatic carbocycles. The first-order valence-electron chi connectivity index (χ1n) is 10.3. The van der Waals surface area contributed by atoms with Crippen molar-refractivity contribution in [3.63, 3.8) is 0 Å². The first-order chi connectivity index (χ1) is 13.4. The SMILES string of the molecule is CN(CC(=O)N1CCCC(C(=O)O)C1)C(=O)C1CC12CCCc1ccccc12. The minimum Gasteiger partial charge on any atom is -0.481 e. The van der Waals surface area contributed by atoms with Crippen LogP contribution in [0.15, 0.2) is 24.3 Å². The summed E-state index contributed by atoms with van der Waals surface area (Å²) >= 11 is 0. The number of fused-ring (bicyclic) bond motifs is 2. The molecule has 6 nitrogen and oxygen atoms in total. The van der Waals surface area contributed by atoms with Gasteiger partial charge in [0.2, 0.25) is 11.8 Å². The molecule has 1 N–H and O–H groups in total. The first kappa shape index (κ1) is 19.0. The highest BCUT2D eigenvalue weighted by molar-refractivity contribution is 5.89. The van der Waals surface area contributed by atoms with Gasteiger partial charge in [-0.15, -0.1) is 0 Å². The fourth-order valence-electron chi connectivity index (χ4n) is 5.21. The molecule has 28 heavy (non-hydrogen) atoms. The van der Waals surface area contributed by atoms with Crippen LogP contribution in [0, 0.1) is 11.8 Å². The number of aliphatic carboxylic acids is 1. The Labute approximate surface area is 165 Å². The Kier molecular flexibility index (Phi) is 4.89. The second kappa shape index (κ2) is 7.22. The van der Waals surface area contributed by atoms with Crippen LogP contribution in [0.5, 0.6) is 0 Å². The number of benzene rings is 1. The molecule has 0 radical (unpaired) electrons. The number of carboxylic acid groups (broad SMARTS) is 1. The molecule has 1 aromatic carbocycles. The zero-order valence-corrected chi connectivity index (χ0v) is 16.4. The van der Waals surface area contributed by atoms with E-state index in [1.54, 1.807) is 16.8 Å². The van der Waals surface area contributed by atoms with E-state index >= 15 is 0 Å². The lowest BCUT2D eigenvalue weighted by Crippen LogP contribution is -2.47. The average Bonchev–Trinajstić information content (AvgIpc) is 3.42. The highest BCUT2D eigenvalue weighted by atomic mass is 16.4. The molecule has 2 amide bonds. The molecule has 0 bridgehead atoms. The third-order valence-corrected chi connectivity index (χ3v) is 6.87. The summed E-state index contributed by atoms with van der Waals surface area (Å²) in [4.78, 5) is 40.0. The van der Waals surface area contributed by atoms with Crippen molar-refractivity contribution in [2.45, 2.75) is 43.9 Å². The van der Waals surface area contributed by atoms with Crippen LogP contribution in [0.2, 0.25) is 0 Å². The lowest BCUT2D eigenvalue weighted by Gasteiger charge is -2.32. The van der Waals surface area contributed by atoms with E-state index in [0.717, 1.165) is 25.7 Å². The summed E-state index contributed by atoms with van der Waals surface area (Å²) in [7, 11) is 1.69. The first-order valence-corrected chi connectivity index (χ1v) is 10.3. The maximum atomic E-state index is 13.0. The molecule has 3 unspecified atom stereocenters. The minimum absolute atomic E-state index is 0.0272. The van der Waals surface area contributed by atoms with Gasteiger partial charge in [-0.2, -0.15) is 0 Å². The molecule has 1 saturated heterocycles. The summed E-state index contributed by atoms with van der Waals surface area (Å²) < 4.78 is 0. The Bertz CT molecular complexity index is 807. The molecular weight excluding hydrogens is 356 g/mol. The normalized spacial score (nSPS) is 28.5. The molecule has 3 aliphatic rings. The van der Waals surface area contributed by atoms with Crippen molar-refractivity contribution in [2.75, 3.05) is 26.7 Å². The molecule has 1 heterocycles. The van der Waals surface area contributed by atoms with E-state index in [1.165, 1.54) is 11.1 Å². The van der Waals surface area contributed by atoms with Crippen LogP contribution in [0.3, 0.4) is 0 Å². The molecular formula is C22H28N2O4. The molecule has 150 valence electrons. The number of likely N-dealkylation sites (tertiary alicyclic amines) is 1. The predicted octanol–water partition coefficient (Wildman–Crippen LogP) is 2.06. The number of likely N-dealkylation sites (N-methyl/N-ethyl adjacent to an activating group) is 1. The van der Waals surface area contributed by atoms with Gasteiger partial charge in [0.15, 0.2) is 0 Å². The molecule has 4 rings (SSSR count). The van der Waals surface area contributed by atoms with Gasteiger partial charge < -0.3 is 14.9 Å². The Hall–Kier alpha value is -2.37. The highest BCUT2D eigenvalue weighted by Crippen LogP contribution is 2.60. The Balaban J connectivity index is 1.39. The molecule has 1 saturated carbocycles. The fraction of sp³-hybridized carbons (Fsp3) is 0.591. The summed E-state index contributed by atoms with van der Waals surface area (Å²) in [5.41, 5.74) is 2.64. The molecule has 1 spiro atoms. The van der Waals surface area contributed by atoms with Crippen molar-refractivity contribution in [1.82, 2.24) is 9.80 Å². The molecule has 1 aliphatic heterocycles. The van der Waals surface area contributed by atoms with Gasteiger partial charge in [0, 0.05) is 31.5 Å². The number of aryl methyl sites for hydroxylation is 1. The third kappa shape index (κ3) is 3.29. The summed E-state index contributed by atoms with van der Waals surface area (Å²) in [6, 6.07) is 8.43. The van der Waals surface area contributed by atoms with Gasteiger partial charge in [0.1, 0.15) is 0 Å². The predicted molar refractivity (Wildman–Crippen MR) is 104 cm³/mol. The summed E-state index contributed by atoms with van der Waals surface area (Å²) in [5.74, 6) is -1.50. The minimum atomic E-state index is -0.849. The number of nitrogens with zero attached hydrogens (tertiary/aromatic N) is 2. The lowest BCUT2D eigenvalue weighted by atomic mass is 9.78. The Morgan fingerprint density at radius 1 is 1.25 bits per heavy atom. The van der Waals surface area contributed by atoms with Gasteiger partial charge in [-0.05, 0) is 49.7 Å². The number of amides is 2.